The van der Waals surface area contributed by atoms with Crippen molar-refractivity contribution >= 4 is 23.0 Å². The third-order valence-corrected chi connectivity index (χ3v) is 5.51. The Morgan fingerprint density at radius 2 is 2.04 bits per heavy atom. The van der Waals surface area contributed by atoms with Crippen molar-refractivity contribution in [2.24, 2.45) is 0 Å². The Bertz CT molecular complexity index is 991. The Morgan fingerprint density at radius 3 is 2.80 bits per heavy atom. The Hall–Kier alpha value is -2.22. The minimum Gasteiger partial charge on any atom is -0.375 e. The first-order chi connectivity index (χ1) is 12.0. The van der Waals surface area contributed by atoms with Crippen LogP contribution < -0.4 is 5.32 Å². The quantitative estimate of drug-likeness (QED) is 0.713. The van der Waals surface area contributed by atoms with Gasteiger partial charge in [-0.1, -0.05) is 6.07 Å². The Morgan fingerprint density at radius 1 is 1.20 bits per heavy atom. The molecule has 0 unspecified atom stereocenters. The first-order valence-electron chi connectivity index (χ1n) is 7.97. The van der Waals surface area contributed by atoms with Gasteiger partial charge in [-0.05, 0) is 36.6 Å². The van der Waals surface area contributed by atoms with Crippen molar-refractivity contribution in [1.29, 1.82) is 0 Å². The lowest BCUT2D eigenvalue weighted by molar-refractivity contribution is -0.141. The van der Waals surface area contributed by atoms with E-state index in [0.717, 1.165) is 58.5 Å². The molecule has 0 atom stereocenters. The molecule has 0 radical (unpaired) electrons. The van der Waals surface area contributed by atoms with Crippen LogP contribution in [0.4, 0.5) is 18.9 Å². The van der Waals surface area contributed by atoms with E-state index in [-0.39, 0.29) is 0 Å². The van der Waals surface area contributed by atoms with Crippen molar-refractivity contribution in [2.45, 2.75) is 29.8 Å². The van der Waals surface area contributed by atoms with E-state index in [1.54, 1.807) is 11.8 Å². The highest BCUT2D eigenvalue weighted by molar-refractivity contribution is 7.99. The van der Waals surface area contributed by atoms with Crippen LogP contribution in [0.3, 0.4) is 0 Å². The first kappa shape index (κ1) is 15.1. The molecule has 8 heteroatoms. The molecule has 0 saturated heterocycles. The Kier molecular flexibility index (Phi) is 3.10. The molecule has 0 bridgehead atoms. The summed E-state index contributed by atoms with van der Waals surface area (Å²) in [5.74, 6) is 1.13. The van der Waals surface area contributed by atoms with Gasteiger partial charge in [-0.2, -0.15) is 18.3 Å². The number of hydrogen-bond donors (Lipinski definition) is 1. The summed E-state index contributed by atoms with van der Waals surface area (Å²) >= 11 is 1.69. The minimum absolute atomic E-state index is 0.322. The number of benzene rings is 1. The van der Waals surface area contributed by atoms with Gasteiger partial charge >= 0.3 is 6.18 Å². The number of fused-ring (bicyclic) bond motifs is 2. The van der Waals surface area contributed by atoms with Crippen molar-refractivity contribution in [3.63, 3.8) is 0 Å². The topological polar surface area (TPSA) is 42.2 Å². The minimum atomic E-state index is -4.47. The maximum Gasteiger partial charge on any atom is 0.433 e. The van der Waals surface area contributed by atoms with Crippen LogP contribution in [0.1, 0.15) is 30.1 Å². The molecule has 0 spiro atoms. The second-order valence-corrected chi connectivity index (χ2v) is 7.33. The summed E-state index contributed by atoms with van der Waals surface area (Å²) in [5.41, 5.74) is 3.21. The highest BCUT2D eigenvalue weighted by atomic mass is 32.2. The van der Waals surface area contributed by atoms with Crippen LogP contribution in [0.2, 0.25) is 0 Å². The van der Waals surface area contributed by atoms with Gasteiger partial charge in [0.25, 0.3) is 0 Å². The number of aromatic nitrogens is 3. The molecule has 5 rings (SSSR count). The molecule has 128 valence electrons. The standard InChI is InChI=1S/C17H13F3N4S/c18-17(19,20)14-6-12-15(10-3-4-11-13(5-10)25-8-22-11)16(9-1-2-9)23-24(12)7-21-14/h3-7,9,22H,1-2,8H2. The zero-order valence-corrected chi connectivity index (χ0v) is 13.8. The zero-order valence-electron chi connectivity index (χ0n) is 13.0. The second-order valence-electron chi connectivity index (χ2n) is 6.31. The van der Waals surface area contributed by atoms with Crippen molar-refractivity contribution in [3.05, 3.63) is 42.0 Å². The van der Waals surface area contributed by atoms with Gasteiger partial charge in [-0.15, -0.1) is 11.8 Å². The van der Waals surface area contributed by atoms with Crippen molar-refractivity contribution in [2.75, 3.05) is 11.2 Å². The fourth-order valence-electron chi connectivity index (χ4n) is 3.20. The molecule has 2 aromatic heterocycles. The molecule has 1 saturated carbocycles. The number of alkyl halides is 3. The second kappa shape index (κ2) is 5.14. The summed E-state index contributed by atoms with van der Waals surface area (Å²) in [7, 11) is 0. The Labute approximate surface area is 145 Å². The van der Waals surface area contributed by atoms with Gasteiger partial charge in [0.2, 0.25) is 0 Å². The molecular formula is C17H13F3N4S. The van der Waals surface area contributed by atoms with E-state index in [4.69, 9.17) is 0 Å². The van der Waals surface area contributed by atoms with E-state index in [2.05, 4.69) is 15.4 Å². The normalized spacial score (nSPS) is 16.9. The summed E-state index contributed by atoms with van der Waals surface area (Å²) in [6.07, 6.45) is -1.26. The van der Waals surface area contributed by atoms with Gasteiger partial charge < -0.3 is 5.32 Å². The summed E-state index contributed by atoms with van der Waals surface area (Å²) in [4.78, 5) is 4.64. The van der Waals surface area contributed by atoms with E-state index >= 15 is 0 Å². The van der Waals surface area contributed by atoms with Crippen molar-refractivity contribution in [3.8, 4) is 11.1 Å². The Balaban J connectivity index is 1.75. The summed E-state index contributed by atoms with van der Waals surface area (Å²) in [6.45, 7) is 0. The number of hydrogen-bond acceptors (Lipinski definition) is 4. The molecule has 2 aliphatic rings. The molecule has 25 heavy (non-hydrogen) atoms. The summed E-state index contributed by atoms with van der Waals surface area (Å²) in [5, 5.41) is 7.80. The molecule has 1 fully saturated rings. The van der Waals surface area contributed by atoms with Gasteiger partial charge in [-0.25, -0.2) is 9.50 Å². The highest BCUT2D eigenvalue weighted by Crippen LogP contribution is 2.47. The number of rotatable bonds is 2. The molecule has 3 heterocycles. The van der Waals surface area contributed by atoms with E-state index in [1.807, 2.05) is 18.2 Å². The van der Waals surface area contributed by atoms with Gasteiger partial charge in [0.15, 0.2) is 0 Å². The molecule has 0 amide bonds. The number of thioether (sulfide) groups is 1. The van der Waals surface area contributed by atoms with Crippen LogP contribution in [0, 0.1) is 0 Å². The lowest BCUT2D eigenvalue weighted by Crippen LogP contribution is -2.08. The van der Waals surface area contributed by atoms with Gasteiger partial charge in [0.1, 0.15) is 12.0 Å². The predicted molar refractivity (Wildman–Crippen MR) is 89.7 cm³/mol. The van der Waals surface area contributed by atoms with Crippen LogP contribution in [-0.4, -0.2) is 20.5 Å². The molecule has 4 nitrogen and oxygen atoms in total. The van der Waals surface area contributed by atoms with Crippen LogP contribution in [0.25, 0.3) is 16.6 Å². The predicted octanol–water partition coefficient (Wildman–Crippen LogP) is 4.77. The average Bonchev–Trinajstić information content (AvgIpc) is 3.19. The van der Waals surface area contributed by atoms with E-state index in [0.29, 0.717) is 11.4 Å². The number of anilines is 1. The lowest BCUT2D eigenvalue weighted by Gasteiger charge is -2.08. The average molecular weight is 362 g/mol. The highest BCUT2D eigenvalue weighted by Gasteiger charge is 2.35. The third kappa shape index (κ3) is 2.47. The lowest BCUT2D eigenvalue weighted by atomic mass is 10.0. The monoisotopic (exact) mass is 362 g/mol. The molecule has 1 aliphatic carbocycles. The van der Waals surface area contributed by atoms with Crippen molar-refractivity contribution in [1.82, 2.24) is 14.6 Å². The van der Waals surface area contributed by atoms with Crippen LogP contribution >= 0.6 is 11.8 Å². The largest absolute Gasteiger partial charge is 0.433 e. The number of nitrogens with zero attached hydrogens (tertiary/aromatic N) is 3. The maximum atomic E-state index is 13.1. The van der Waals surface area contributed by atoms with E-state index in [9.17, 15) is 13.2 Å². The van der Waals surface area contributed by atoms with Crippen LogP contribution in [-0.2, 0) is 6.18 Å². The maximum absolute atomic E-state index is 13.1. The van der Waals surface area contributed by atoms with E-state index in [1.165, 1.54) is 4.52 Å². The zero-order chi connectivity index (χ0) is 17.2. The van der Waals surface area contributed by atoms with Crippen molar-refractivity contribution < 1.29 is 13.2 Å². The fraction of sp³-hybridized carbons (Fsp3) is 0.294. The molecule has 1 N–H and O–H groups in total. The van der Waals surface area contributed by atoms with Gasteiger partial charge in [-0.3, -0.25) is 0 Å². The SMILES string of the molecule is FC(F)(F)c1cc2c(-c3ccc4c(c3)SCN4)c(C3CC3)nn2cn1. The number of nitrogens with one attached hydrogen (secondary N) is 1. The van der Waals surface area contributed by atoms with Gasteiger partial charge in [0.05, 0.1) is 17.1 Å². The van der Waals surface area contributed by atoms with Crippen LogP contribution in [0.5, 0.6) is 0 Å². The molecule has 3 aromatic rings. The van der Waals surface area contributed by atoms with E-state index < -0.39 is 11.9 Å². The molecule has 1 aliphatic heterocycles. The van der Waals surface area contributed by atoms with Gasteiger partial charge in [0, 0.05) is 22.1 Å². The summed E-state index contributed by atoms with van der Waals surface area (Å²) < 4.78 is 40.8. The molecular weight excluding hydrogens is 349 g/mol. The smallest absolute Gasteiger partial charge is 0.375 e. The molecule has 1 aromatic carbocycles. The summed E-state index contributed by atoms with van der Waals surface area (Å²) in [6, 6.07) is 7.08. The fourth-order valence-corrected chi connectivity index (χ4v) is 4.09. The third-order valence-electron chi connectivity index (χ3n) is 4.57. The first-order valence-corrected chi connectivity index (χ1v) is 8.96. The number of halogens is 3. The van der Waals surface area contributed by atoms with Crippen LogP contribution in [0.15, 0.2) is 35.5 Å².